The first-order valence-electron chi connectivity index (χ1n) is 22.4. The van der Waals surface area contributed by atoms with Crippen LogP contribution < -0.4 is 0 Å². The Morgan fingerprint density at radius 3 is 1.98 bits per heavy atom. The van der Waals surface area contributed by atoms with E-state index in [1.54, 1.807) is 24.4 Å². The summed E-state index contributed by atoms with van der Waals surface area (Å²) in [7, 11) is 0. The monoisotopic (exact) mass is 999 g/mol. The number of halogens is 1. The first-order valence-corrected chi connectivity index (χ1v) is 20.9. The third kappa shape index (κ3) is 9.36. The van der Waals surface area contributed by atoms with Crippen LogP contribution in [0.2, 0.25) is 0 Å². The molecule has 62 heavy (non-hydrogen) atoms. The zero-order valence-electron chi connectivity index (χ0n) is 40.1. The molecule has 5 aromatic carbocycles. The molecule has 0 aliphatic heterocycles. The summed E-state index contributed by atoms with van der Waals surface area (Å²) in [5.74, 6) is 0.536. The molecule has 0 atom stereocenters. The fraction of sp³-hybridized carbons (Fsp3) is 0.268. The second kappa shape index (κ2) is 18.3. The molecule has 0 aliphatic carbocycles. The molecule has 8 aromatic rings. The third-order valence-electron chi connectivity index (χ3n) is 11.2. The number of benzene rings is 5. The maximum atomic E-state index is 12.8. The molecule has 0 fully saturated rings. The van der Waals surface area contributed by atoms with Gasteiger partial charge in [-0.15, -0.1) is 47.5 Å². The molecule has 0 aliphatic rings. The minimum absolute atomic E-state index is 0. The minimum Gasteiger partial charge on any atom is -0.500 e. The van der Waals surface area contributed by atoms with Gasteiger partial charge in [0.25, 0.3) is 0 Å². The number of aryl methyl sites for hydroxylation is 1. The van der Waals surface area contributed by atoms with Crippen molar-refractivity contribution >= 4 is 21.9 Å². The van der Waals surface area contributed by atoms with Crippen molar-refractivity contribution < 1.29 is 33.0 Å². The van der Waals surface area contributed by atoms with E-state index in [-0.39, 0.29) is 53.5 Å². The van der Waals surface area contributed by atoms with E-state index in [1.165, 1.54) is 39.9 Å². The van der Waals surface area contributed by atoms with Crippen molar-refractivity contribution in [1.29, 1.82) is 5.26 Å². The van der Waals surface area contributed by atoms with Crippen molar-refractivity contribution in [3.05, 3.63) is 167 Å². The van der Waals surface area contributed by atoms with E-state index in [4.69, 9.17) is 13.5 Å². The zero-order valence-corrected chi connectivity index (χ0v) is 39.5. The van der Waals surface area contributed by atoms with Crippen LogP contribution in [-0.2, 0) is 30.9 Å². The van der Waals surface area contributed by atoms with Gasteiger partial charge in [0.05, 0.1) is 17.2 Å². The van der Waals surface area contributed by atoms with Gasteiger partial charge in [-0.2, -0.15) is 5.26 Å². The van der Waals surface area contributed by atoms with Crippen LogP contribution in [0.3, 0.4) is 0 Å². The summed E-state index contributed by atoms with van der Waals surface area (Å²) in [6.45, 7) is 19.2. The second-order valence-corrected chi connectivity index (χ2v) is 18.3. The predicted molar refractivity (Wildman–Crippen MR) is 250 cm³/mol. The standard InChI is InChI=1S/C41H39N2O.C15H15FN.Ir/c1-24(2)31-10-9-11-32(25(3)4)37(31)28-14-12-27(13-15-28)29-20-21-43-36(22-29)33-18-19-35(41(6,7)8)38-34-17-16-30(23-42)26(5)39(34)44-40(33)38;1-15(2,3)12-6-9-14(17-10-12)11-4-7-13(16)8-5-11;/h9-17,19-22,24-25H,1-8H3;4,6-10H,1-3H3;/q2*-1;/i5D3;;. The van der Waals surface area contributed by atoms with Crippen LogP contribution >= 0.6 is 0 Å². The van der Waals surface area contributed by atoms with E-state index < -0.39 is 6.85 Å². The third-order valence-corrected chi connectivity index (χ3v) is 11.2. The van der Waals surface area contributed by atoms with E-state index in [0.29, 0.717) is 34.1 Å². The molecule has 0 unspecified atom stereocenters. The summed E-state index contributed by atoms with van der Waals surface area (Å²) < 4.78 is 43.9. The Morgan fingerprint density at radius 2 is 1.42 bits per heavy atom. The smallest absolute Gasteiger partial charge is 0.125 e. The maximum Gasteiger partial charge on any atom is 0.125 e. The Kier molecular flexibility index (Phi) is 12.3. The molecule has 3 heterocycles. The first-order chi connectivity index (χ1) is 30.2. The van der Waals surface area contributed by atoms with E-state index >= 15 is 0 Å². The average molecular weight is 999 g/mol. The maximum absolute atomic E-state index is 12.8. The SMILES string of the molecule is CC(C)(C)c1ccc(-c2[c-]cc(F)cc2)nc1.[2H]C([2H])([2H])c1c(C#N)ccc2c1oc1c(-c3cc(-c4ccc(-c5c(C(C)C)cccc5C(C)C)cc4)ccn3)[c-]cc(C(C)(C)C)c12.[Ir]. The normalized spacial score (nSPS) is 12.6. The molecule has 0 amide bonds. The number of pyridine rings is 2. The molecule has 6 heteroatoms. The summed E-state index contributed by atoms with van der Waals surface area (Å²) in [4.78, 5) is 9.12. The molecule has 4 nitrogen and oxygen atoms in total. The van der Waals surface area contributed by atoms with Gasteiger partial charge in [0.1, 0.15) is 5.58 Å². The molecule has 0 bridgehead atoms. The van der Waals surface area contributed by atoms with Crippen LogP contribution in [0.25, 0.3) is 66.7 Å². The number of fused-ring (bicyclic) bond motifs is 3. The van der Waals surface area contributed by atoms with E-state index in [1.807, 2.05) is 36.5 Å². The number of nitriles is 1. The van der Waals surface area contributed by atoms with Crippen LogP contribution in [-0.4, -0.2) is 9.97 Å². The van der Waals surface area contributed by atoms with Crippen molar-refractivity contribution in [2.75, 3.05) is 0 Å². The fourth-order valence-electron chi connectivity index (χ4n) is 7.78. The van der Waals surface area contributed by atoms with Gasteiger partial charge < -0.3 is 14.4 Å². The van der Waals surface area contributed by atoms with E-state index in [0.717, 1.165) is 33.3 Å². The summed E-state index contributed by atoms with van der Waals surface area (Å²) >= 11 is 0. The van der Waals surface area contributed by atoms with Crippen molar-refractivity contribution in [1.82, 2.24) is 9.97 Å². The summed E-state index contributed by atoms with van der Waals surface area (Å²) in [6.07, 6.45) is 3.65. The summed E-state index contributed by atoms with van der Waals surface area (Å²) in [5, 5.41) is 11.3. The van der Waals surface area contributed by atoms with E-state index in [2.05, 4.69) is 135 Å². The number of hydrogen-bond acceptors (Lipinski definition) is 4. The fourth-order valence-corrected chi connectivity index (χ4v) is 7.78. The van der Waals surface area contributed by atoms with Gasteiger partial charge >= 0.3 is 0 Å². The zero-order chi connectivity index (χ0) is 46.3. The predicted octanol–water partition coefficient (Wildman–Crippen LogP) is 15.5. The summed E-state index contributed by atoms with van der Waals surface area (Å²) in [6, 6.07) is 41.5. The summed E-state index contributed by atoms with van der Waals surface area (Å²) in [5.41, 5.74) is 12.9. The number of furan rings is 1. The van der Waals surface area contributed by atoms with Crippen molar-refractivity contribution in [3.8, 4) is 50.8 Å². The molecule has 0 saturated carbocycles. The molecule has 0 saturated heterocycles. The molecule has 1 radical (unpaired) electrons. The molecule has 8 rings (SSSR count). The minimum atomic E-state index is -2.53. The Balaban J connectivity index is 0.000000326. The number of nitrogens with zero attached hydrogens (tertiary/aromatic N) is 3. The molecular formula is C56H54FIrN3O-2. The van der Waals surface area contributed by atoms with Gasteiger partial charge in [0, 0.05) is 53.4 Å². The Labute approximate surface area is 384 Å². The Morgan fingerprint density at radius 1 is 0.726 bits per heavy atom. The van der Waals surface area contributed by atoms with Crippen LogP contribution in [0, 0.1) is 36.1 Å². The number of rotatable bonds is 6. The average Bonchev–Trinajstić information content (AvgIpc) is 3.64. The Bertz CT molecular complexity index is 2980. The Hall–Kier alpha value is -5.73. The molecular weight excluding hydrogens is 942 g/mol. The van der Waals surface area contributed by atoms with Gasteiger partial charge in [-0.3, -0.25) is 4.39 Å². The quantitative estimate of drug-likeness (QED) is 0.156. The number of aromatic nitrogens is 2. The van der Waals surface area contributed by atoms with Crippen LogP contribution in [0.4, 0.5) is 4.39 Å². The largest absolute Gasteiger partial charge is 0.500 e. The van der Waals surface area contributed by atoms with Gasteiger partial charge in [-0.05, 0) is 92.0 Å². The van der Waals surface area contributed by atoms with Crippen LogP contribution in [0.1, 0.15) is 119 Å². The van der Waals surface area contributed by atoms with Gasteiger partial charge in [0.2, 0.25) is 0 Å². The van der Waals surface area contributed by atoms with Gasteiger partial charge in [-0.1, -0.05) is 147 Å². The topological polar surface area (TPSA) is 62.7 Å². The van der Waals surface area contributed by atoms with Gasteiger partial charge in [0.15, 0.2) is 0 Å². The van der Waals surface area contributed by atoms with Gasteiger partial charge in [-0.25, -0.2) is 0 Å². The second-order valence-electron chi connectivity index (χ2n) is 18.3. The molecule has 0 N–H and O–H groups in total. The molecule has 0 spiro atoms. The first kappa shape index (κ1) is 41.6. The molecule has 3 aromatic heterocycles. The van der Waals surface area contributed by atoms with Crippen molar-refractivity contribution in [2.45, 2.75) is 98.8 Å². The number of hydrogen-bond donors (Lipinski definition) is 0. The van der Waals surface area contributed by atoms with E-state index in [9.17, 15) is 9.65 Å². The van der Waals surface area contributed by atoms with Crippen LogP contribution in [0.15, 0.2) is 120 Å². The van der Waals surface area contributed by atoms with Crippen molar-refractivity contribution in [3.63, 3.8) is 0 Å². The van der Waals surface area contributed by atoms with Crippen LogP contribution in [0.5, 0.6) is 0 Å². The van der Waals surface area contributed by atoms with Crippen molar-refractivity contribution in [2.24, 2.45) is 0 Å². The molecule has 317 valence electrons.